The normalized spacial score (nSPS) is 12.9. The molecule has 0 amide bonds. The Bertz CT molecular complexity index is 637. The molecule has 0 radical (unpaired) electrons. The third kappa shape index (κ3) is 5.58. The number of guanidine groups is 1. The molecule has 7 heteroatoms. The van der Waals surface area contributed by atoms with Gasteiger partial charge in [-0.25, -0.2) is 4.98 Å². The summed E-state index contributed by atoms with van der Waals surface area (Å²) in [5.74, 6) is 0.704. The number of aliphatic imine (C=N–C) groups is 1. The second-order valence-corrected chi connectivity index (χ2v) is 6.73. The van der Waals surface area contributed by atoms with Gasteiger partial charge >= 0.3 is 0 Å². The van der Waals surface area contributed by atoms with Gasteiger partial charge in [0.05, 0.1) is 23.4 Å². The van der Waals surface area contributed by atoms with E-state index in [4.69, 9.17) is 0 Å². The Morgan fingerprint density at radius 3 is 2.67 bits per heavy atom. The number of aromatic nitrogens is 2. The third-order valence-corrected chi connectivity index (χ3v) is 4.69. The predicted molar refractivity (Wildman–Crippen MR) is 98.5 cm³/mol. The van der Waals surface area contributed by atoms with Gasteiger partial charge in [-0.1, -0.05) is 0 Å². The minimum atomic E-state index is -0.632. The second-order valence-electron chi connectivity index (χ2n) is 5.44. The van der Waals surface area contributed by atoms with Crippen molar-refractivity contribution in [3.63, 3.8) is 0 Å². The van der Waals surface area contributed by atoms with Crippen LogP contribution >= 0.6 is 11.3 Å². The maximum atomic E-state index is 10.2. The van der Waals surface area contributed by atoms with E-state index < -0.39 is 6.10 Å². The van der Waals surface area contributed by atoms with E-state index in [1.165, 1.54) is 4.88 Å². The molecule has 0 spiro atoms. The number of aliphatic hydroxyl groups is 1. The minimum absolute atomic E-state index is 0.300. The number of aryl methyl sites for hydroxylation is 2. The molecule has 24 heavy (non-hydrogen) atoms. The lowest BCUT2D eigenvalue weighted by Crippen LogP contribution is -2.38. The molecule has 6 nitrogen and oxygen atoms in total. The van der Waals surface area contributed by atoms with Gasteiger partial charge in [0.15, 0.2) is 5.96 Å². The molecule has 2 rings (SSSR count). The number of aliphatic hydroxyl groups excluding tert-OH is 1. The maximum absolute atomic E-state index is 10.2. The smallest absolute Gasteiger partial charge is 0.191 e. The Morgan fingerprint density at radius 1 is 1.29 bits per heavy atom. The highest BCUT2D eigenvalue weighted by atomic mass is 32.1. The molecule has 0 aliphatic rings. The number of thiazole rings is 1. The molecule has 0 fully saturated rings. The largest absolute Gasteiger partial charge is 0.386 e. The zero-order valence-corrected chi connectivity index (χ0v) is 15.2. The molecule has 130 valence electrons. The Hall–Kier alpha value is -1.99. The number of nitrogens with one attached hydrogen (secondary N) is 2. The van der Waals surface area contributed by atoms with Crippen molar-refractivity contribution in [3.8, 4) is 0 Å². The fraction of sp³-hybridized carbons (Fsp3) is 0.471. The van der Waals surface area contributed by atoms with Gasteiger partial charge in [0.2, 0.25) is 0 Å². The Morgan fingerprint density at radius 2 is 2.04 bits per heavy atom. The number of pyridine rings is 1. The van der Waals surface area contributed by atoms with Gasteiger partial charge in [0.1, 0.15) is 0 Å². The molecule has 0 saturated heterocycles. The summed E-state index contributed by atoms with van der Waals surface area (Å²) in [4.78, 5) is 14.2. The third-order valence-electron chi connectivity index (χ3n) is 3.56. The second kappa shape index (κ2) is 9.34. The molecule has 0 aromatic carbocycles. The first-order valence-corrected chi connectivity index (χ1v) is 8.95. The molecule has 0 saturated carbocycles. The lowest BCUT2D eigenvalue weighted by molar-refractivity contribution is 0.187. The summed E-state index contributed by atoms with van der Waals surface area (Å²) in [6, 6.07) is 3.60. The SMILES string of the molecule is CCNC(=NCC(O)c1ccncc1)NCCc1nc(C)c(C)s1. The van der Waals surface area contributed by atoms with Crippen LogP contribution in [-0.2, 0) is 6.42 Å². The quantitative estimate of drug-likeness (QED) is 0.527. The van der Waals surface area contributed by atoms with E-state index in [-0.39, 0.29) is 0 Å². The number of hydrogen-bond donors (Lipinski definition) is 3. The number of rotatable bonds is 7. The van der Waals surface area contributed by atoms with E-state index in [2.05, 4.69) is 32.5 Å². The van der Waals surface area contributed by atoms with Gasteiger partial charge in [-0.3, -0.25) is 9.98 Å². The molecule has 3 N–H and O–H groups in total. The first-order valence-electron chi connectivity index (χ1n) is 8.13. The van der Waals surface area contributed by atoms with Crippen molar-refractivity contribution in [2.45, 2.75) is 33.3 Å². The maximum Gasteiger partial charge on any atom is 0.191 e. The monoisotopic (exact) mass is 347 g/mol. The highest BCUT2D eigenvalue weighted by molar-refractivity contribution is 7.11. The molecule has 1 atom stereocenters. The minimum Gasteiger partial charge on any atom is -0.386 e. The van der Waals surface area contributed by atoms with Gasteiger partial charge in [0, 0.05) is 36.8 Å². The first kappa shape index (κ1) is 18.4. The summed E-state index contributed by atoms with van der Waals surface area (Å²) in [5, 5.41) is 17.8. The Kier molecular flexibility index (Phi) is 7.14. The van der Waals surface area contributed by atoms with Crippen LogP contribution in [0.2, 0.25) is 0 Å². The summed E-state index contributed by atoms with van der Waals surface area (Å²) < 4.78 is 0. The van der Waals surface area contributed by atoms with Crippen molar-refractivity contribution in [1.29, 1.82) is 0 Å². The summed E-state index contributed by atoms with van der Waals surface area (Å²) in [6.45, 7) is 7.97. The lowest BCUT2D eigenvalue weighted by Gasteiger charge is -2.13. The Balaban J connectivity index is 1.86. The molecule has 2 aromatic rings. The van der Waals surface area contributed by atoms with E-state index in [1.807, 2.05) is 13.8 Å². The van der Waals surface area contributed by atoms with Crippen LogP contribution in [0, 0.1) is 13.8 Å². The van der Waals surface area contributed by atoms with Gasteiger partial charge in [-0.15, -0.1) is 11.3 Å². The van der Waals surface area contributed by atoms with Gasteiger partial charge < -0.3 is 15.7 Å². The molecule has 0 aliphatic carbocycles. The predicted octanol–water partition coefficient (Wildman–Crippen LogP) is 1.99. The molecular weight excluding hydrogens is 322 g/mol. The van der Waals surface area contributed by atoms with Crippen LogP contribution < -0.4 is 10.6 Å². The number of nitrogens with zero attached hydrogens (tertiary/aromatic N) is 3. The van der Waals surface area contributed by atoms with Crippen molar-refractivity contribution in [1.82, 2.24) is 20.6 Å². The highest BCUT2D eigenvalue weighted by Gasteiger charge is 2.07. The van der Waals surface area contributed by atoms with E-state index >= 15 is 0 Å². The van der Waals surface area contributed by atoms with Gasteiger partial charge in [0.25, 0.3) is 0 Å². The van der Waals surface area contributed by atoms with Crippen molar-refractivity contribution >= 4 is 17.3 Å². The Labute approximate surface area is 147 Å². The average Bonchev–Trinajstić information content (AvgIpc) is 2.91. The van der Waals surface area contributed by atoms with E-state index in [0.29, 0.717) is 12.5 Å². The summed E-state index contributed by atoms with van der Waals surface area (Å²) in [5.41, 5.74) is 1.93. The van der Waals surface area contributed by atoms with E-state index in [0.717, 1.165) is 35.8 Å². The fourth-order valence-electron chi connectivity index (χ4n) is 2.14. The van der Waals surface area contributed by atoms with Gasteiger partial charge in [-0.05, 0) is 38.5 Å². The zero-order valence-electron chi connectivity index (χ0n) is 14.4. The molecular formula is C17H25N5OS. The van der Waals surface area contributed by atoms with Crippen LogP contribution in [0.1, 0.15) is 34.2 Å². The van der Waals surface area contributed by atoms with Crippen molar-refractivity contribution < 1.29 is 5.11 Å². The van der Waals surface area contributed by atoms with Crippen LogP contribution in [0.5, 0.6) is 0 Å². The van der Waals surface area contributed by atoms with E-state index in [9.17, 15) is 5.11 Å². The topological polar surface area (TPSA) is 82.4 Å². The van der Waals surface area contributed by atoms with Crippen molar-refractivity contribution in [2.75, 3.05) is 19.6 Å². The molecule has 1 unspecified atom stereocenters. The van der Waals surface area contributed by atoms with Crippen LogP contribution in [0.15, 0.2) is 29.5 Å². The van der Waals surface area contributed by atoms with E-state index in [1.54, 1.807) is 35.9 Å². The molecule has 0 bridgehead atoms. The summed E-state index contributed by atoms with van der Waals surface area (Å²) in [7, 11) is 0. The average molecular weight is 347 g/mol. The first-order chi connectivity index (χ1) is 11.6. The van der Waals surface area contributed by atoms with Crippen molar-refractivity contribution in [2.24, 2.45) is 4.99 Å². The van der Waals surface area contributed by atoms with Crippen LogP contribution in [0.25, 0.3) is 0 Å². The summed E-state index contributed by atoms with van der Waals surface area (Å²) >= 11 is 1.74. The van der Waals surface area contributed by atoms with Crippen LogP contribution in [0.3, 0.4) is 0 Å². The molecule has 2 aromatic heterocycles. The van der Waals surface area contributed by atoms with Crippen LogP contribution in [-0.4, -0.2) is 40.7 Å². The van der Waals surface area contributed by atoms with Crippen molar-refractivity contribution in [3.05, 3.63) is 45.7 Å². The van der Waals surface area contributed by atoms with Gasteiger partial charge in [-0.2, -0.15) is 0 Å². The standard InChI is InChI=1S/C17H25N5OS/c1-4-19-17(20-10-7-16-22-12(2)13(3)24-16)21-11-15(23)14-5-8-18-9-6-14/h5-6,8-9,15,23H,4,7,10-11H2,1-3H3,(H2,19,20,21). The fourth-order valence-corrected chi connectivity index (χ4v) is 3.08. The van der Waals surface area contributed by atoms with Crippen LogP contribution in [0.4, 0.5) is 0 Å². The highest BCUT2D eigenvalue weighted by Crippen LogP contribution is 2.16. The molecule has 0 aliphatic heterocycles. The molecule has 2 heterocycles. The zero-order chi connectivity index (χ0) is 17.4. The lowest BCUT2D eigenvalue weighted by atomic mass is 10.1. The number of hydrogen-bond acceptors (Lipinski definition) is 5. The summed E-state index contributed by atoms with van der Waals surface area (Å²) in [6.07, 6.45) is 3.57.